The van der Waals surface area contributed by atoms with Crippen LogP contribution in [0.25, 0.3) is 5.69 Å². The van der Waals surface area contributed by atoms with Crippen LogP contribution in [-0.4, -0.2) is 36.3 Å². The van der Waals surface area contributed by atoms with E-state index in [1.54, 1.807) is 18.9 Å². The Hall–Kier alpha value is -1.30. The molecule has 1 heterocycles. The number of benzene rings is 1. The monoisotopic (exact) mass is 291 g/mol. The zero-order valence-electron chi connectivity index (χ0n) is 12.2. The van der Waals surface area contributed by atoms with Gasteiger partial charge in [-0.15, -0.1) is 11.8 Å². The molecule has 1 aromatic heterocycles. The topological polar surface area (TPSA) is 39.1 Å². The number of hydrogen-bond acceptors (Lipinski definition) is 4. The average Bonchev–Trinajstić information content (AvgIpc) is 2.78. The zero-order chi connectivity index (χ0) is 14.4. The Balaban J connectivity index is 2.37. The lowest BCUT2D eigenvalue weighted by atomic mass is 10.2. The van der Waals surface area contributed by atoms with Crippen molar-refractivity contribution in [3.8, 4) is 5.69 Å². The normalized spacial score (nSPS) is 10.9. The van der Waals surface area contributed by atoms with Gasteiger partial charge in [-0.3, -0.25) is 0 Å². The molecule has 0 unspecified atom stereocenters. The summed E-state index contributed by atoms with van der Waals surface area (Å²) < 4.78 is 7.18. The number of ether oxygens (including phenoxy) is 1. The maximum Gasteiger partial charge on any atom is 0.105 e. The van der Waals surface area contributed by atoms with Gasteiger partial charge in [-0.25, -0.2) is 4.68 Å². The first-order valence-corrected chi connectivity index (χ1v) is 7.66. The van der Waals surface area contributed by atoms with E-state index in [2.05, 4.69) is 24.4 Å². The predicted molar refractivity (Wildman–Crippen MR) is 83.7 cm³/mol. The molecule has 108 valence electrons. The lowest BCUT2D eigenvalue weighted by Crippen LogP contribution is -2.07. The summed E-state index contributed by atoms with van der Waals surface area (Å²) in [6.07, 6.45) is 0. The van der Waals surface area contributed by atoms with Gasteiger partial charge in [0.2, 0.25) is 0 Å². The second-order valence-corrected chi connectivity index (χ2v) is 5.57. The number of rotatable bonds is 7. The zero-order valence-corrected chi connectivity index (χ0v) is 13.0. The summed E-state index contributed by atoms with van der Waals surface area (Å²) in [5, 5.41) is 9.11. The third-order valence-corrected chi connectivity index (χ3v) is 4.08. The fraction of sp³-hybridized carbons (Fsp3) is 0.400. The van der Waals surface area contributed by atoms with Gasteiger partial charge in [0, 0.05) is 25.0 Å². The first-order chi connectivity index (χ1) is 9.77. The third kappa shape index (κ3) is 3.42. The molecule has 2 aromatic rings. The highest BCUT2D eigenvalue weighted by molar-refractivity contribution is 7.99. The molecule has 0 spiro atoms. The van der Waals surface area contributed by atoms with Crippen molar-refractivity contribution in [1.29, 1.82) is 0 Å². The molecular weight excluding hydrogens is 270 g/mol. The molecule has 0 atom stereocenters. The summed E-state index contributed by atoms with van der Waals surface area (Å²) in [4.78, 5) is 0. The quantitative estimate of drug-likeness (QED) is 0.629. The van der Waals surface area contributed by atoms with E-state index < -0.39 is 0 Å². The van der Waals surface area contributed by atoms with Crippen molar-refractivity contribution < 1.29 is 4.74 Å². The Morgan fingerprint density at radius 1 is 1.30 bits per heavy atom. The number of aromatic nitrogens is 2. The van der Waals surface area contributed by atoms with Gasteiger partial charge < -0.3 is 10.1 Å². The SMILES string of the molecule is CNCc1c(C)nn(-c2ccccc2)c1SCCOC. The predicted octanol–water partition coefficient (Wildman–Crippen LogP) is 2.64. The molecule has 0 saturated heterocycles. The van der Waals surface area contributed by atoms with Crippen molar-refractivity contribution in [3.05, 3.63) is 41.6 Å². The molecule has 0 aliphatic rings. The van der Waals surface area contributed by atoms with Crippen LogP contribution in [0.1, 0.15) is 11.3 Å². The Morgan fingerprint density at radius 2 is 2.05 bits per heavy atom. The molecule has 1 aromatic carbocycles. The number of thioether (sulfide) groups is 1. The largest absolute Gasteiger partial charge is 0.384 e. The fourth-order valence-electron chi connectivity index (χ4n) is 2.03. The number of nitrogens with one attached hydrogen (secondary N) is 1. The van der Waals surface area contributed by atoms with Crippen molar-refractivity contribution in [2.45, 2.75) is 18.5 Å². The van der Waals surface area contributed by atoms with Crippen LogP contribution in [0.15, 0.2) is 35.4 Å². The summed E-state index contributed by atoms with van der Waals surface area (Å²) in [5.74, 6) is 0.922. The van der Waals surface area contributed by atoms with Gasteiger partial charge in [-0.1, -0.05) is 18.2 Å². The third-order valence-electron chi connectivity index (χ3n) is 3.02. The van der Waals surface area contributed by atoms with Crippen molar-refractivity contribution in [3.63, 3.8) is 0 Å². The first kappa shape index (κ1) is 15.1. The van der Waals surface area contributed by atoms with E-state index in [-0.39, 0.29) is 0 Å². The van der Waals surface area contributed by atoms with Gasteiger partial charge in [0.05, 0.1) is 18.0 Å². The van der Waals surface area contributed by atoms with Crippen LogP contribution in [0.3, 0.4) is 0 Å². The molecule has 1 N–H and O–H groups in total. The molecule has 0 bridgehead atoms. The van der Waals surface area contributed by atoms with Gasteiger partial charge in [-0.05, 0) is 26.1 Å². The number of hydrogen-bond donors (Lipinski definition) is 1. The first-order valence-electron chi connectivity index (χ1n) is 6.68. The summed E-state index contributed by atoms with van der Waals surface area (Å²) >= 11 is 1.79. The van der Waals surface area contributed by atoms with Crippen molar-refractivity contribution in [1.82, 2.24) is 15.1 Å². The molecule has 0 aliphatic carbocycles. The van der Waals surface area contributed by atoms with Gasteiger partial charge in [0.1, 0.15) is 5.03 Å². The number of aryl methyl sites for hydroxylation is 1. The highest BCUT2D eigenvalue weighted by Crippen LogP contribution is 2.28. The van der Waals surface area contributed by atoms with Crippen LogP contribution in [0.4, 0.5) is 0 Å². The average molecular weight is 291 g/mol. The molecule has 0 amide bonds. The van der Waals surface area contributed by atoms with Crippen LogP contribution in [0.5, 0.6) is 0 Å². The molecule has 0 radical (unpaired) electrons. The van der Waals surface area contributed by atoms with Crippen LogP contribution < -0.4 is 5.32 Å². The molecule has 20 heavy (non-hydrogen) atoms. The van der Waals surface area contributed by atoms with Crippen LogP contribution in [0, 0.1) is 6.92 Å². The number of methoxy groups -OCH3 is 1. The Labute approximate surface area is 124 Å². The molecule has 0 aliphatic heterocycles. The smallest absolute Gasteiger partial charge is 0.105 e. The molecule has 0 fully saturated rings. The molecule has 4 nitrogen and oxygen atoms in total. The minimum atomic E-state index is 0.739. The molecule has 5 heteroatoms. The Morgan fingerprint density at radius 3 is 2.70 bits per heavy atom. The van der Waals surface area contributed by atoms with Gasteiger partial charge in [0.15, 0.2) is 0 Å². The number of para-hydroxylation sites is 1. The van der Waals surface area contributed by atoms with Crippen LogP contribution in [0.2, 0.25) is 0 Å². The van der Waals surface area contributed by atoms with E-state index in [1.165, 1.54) is 10.6 Å². The molecular formula is C15H21N3OS. The highest BCUT2D eigenvalue weighted by atomic mass is 32.2. The maximum absolute atomic E-state index is 5.15. The van der Waals surface area contributed by atoms with Gasteiger partial charge in [-0.2, -0.15) is 5.10 Å². The van der Waals surface area contributed by atoms with E-state index >= 15 is 0 Å². The standard InChI is InChI=1S/C15H21N3OS/c1-12-14(11-16-2)15(20-10-9-19-3)18(17-12)13-7-5-4-6-8-13/h4-8,16H,9-11H2,1-3H3. The van der Waals surface area contributed by atoms with Crippen LogP contribution in [-0.2, 0) is 11.3 Å². The van der Waals surface area contributed by atoms with Gasteiger partial charge >= 0.3 is 0 Å². The van der Waals surface area contributed by atoms with Crippen molar-refractivity contribution in [2.75, 3.05) is 26.5 Å². The summed E-state index contributed by atoms with van der Waals surface area (Å²) in [6.45, 7) is 3.63. The second-order valence-electron chi connectivity index (χ2n) is 4.49. The minimum absolute atomic E-state index is 0.739. The molecule has 2 rings (SSSR count). The lowest BCUT2D eigenvalue weighted by Gasteiger charge is -2.09. The second kappa shape index (κ2) is 7.47. The summed E-state index contributed by atoms with van der Waals surface area (Å²) in [7, 11) is 3.69. The maximum atomic E-state index is 5.15. The highest BCUT2D eigenvalue weighted by Gasteiger charge is 2.16. The van der Waals surface area contributed by atoms with Crippen LogP contribution >= 0.6 is 11.8 Å². The minimum Gasteiger partial charge on any atom is -0.384 e. The Kier molecular flexibility index (Phi) is 5.64. The fourth-order valence-corrected chi connectivity index (χ4v) is 3.14. The number of nitrogens with zero attached hydrogens (tertiary/aromatic N) is 2. The van der Waals surface area contributed by atoms with E-state index in [0.717, 1.165) is 30.3 Å². The lowest BCUT2D eigenvalue weighted by molar-refractivity contribution is 0.218. The summed E-state index contributed by atoms with van der Waals surface area (Å²) in [5.41, 5.74) is 3.43. The Bertz CT molecular complexity index is 540. The van der Waals surface area contributed by atoms with E-state index in [0.29, 0.717) is 0 Å². The van der Waals surface area contributed by atoms with Gasteiger partial charge in [0.25, 0.3) is 0 Å². The summed E-state index contributed by atoms with van der Waals surface area (Å²) in [6, 6.07) is 10.2. The van der Waals surface area contributed by atoms with Crippen molar-refractivity contribution in [2.24, 2.45) is 0 Å². The van der Waals surface area contributed by atoms with E-state index in [1.807, 2.05) is 29.9 Å². The molecule has 0 saturated carbocycles. The van der Waals surface area contributed by atoms with E-state index in [9.17, 15) is 0 Å². The van der Waals surface area contributed by atoms with E-state index in [4.69, 9.17) is 9.84 Å². The van der Waals surface area contributed by atoms with Crippen molar-refractivity contribution >= 4 is 11.8 Å².